The van der Waals surface area contributed by atoms with Crippen LogP contribution in [0.5, 0.6) is 0 Å². The van der Waals surface area contributed by atoms with E-state index in [-0.39, 0.29) is 0 Å². The van der Waals surface area contributed by atoms with E-state index in [2.05, 4.69) is 20.8 Å². The molecule has 1 aliphatic rings. The first-order valence-corrected chi connectivity index (χ1v) is 7.62. The van der Waals surface area contributed by atoms with Gasteiger partial charge in [-0.1, -0.05) is 20.8 Å². The molecule has 1 aliphatic carbocycles. The summed E-state index contributed by atoms with van der Waals surface area (Å²) in [6.07, 6.45) is 2.62. The van der Waals surface area contributed by atoms with Crippen molar-refractivity contribution in [3.8, 4) is 0 Å². The summed E-state index contributed by atoms with van der Waals surface area (Å²) in [5, 5.41) is 1.25. The molecular weight excluding hydrogens is 236 g/mol. The molecule has 2 rings (SSSR count). The highest BCUT2D eigenvalue weighted by Gasteiger charge is 2.29. The summed E-state index contributed by atoms with van der Waals surface area (Å²) in [5.41, 5.74) is 7.08. The number of nitrogens with zero attached hydrogens (tertiary/aromatic N) is 1. The van der Waals surface area contributed by atoms with Crippen molar-refractivity contribution in [1.29, 1.82) is 0 Å². The number of aromatic nitrogens is 1. The van der Waals surface area contributed by atoms with Crippen LogP contribution < -0.4 is 5.73 Å². The van der Waals surface area contributed by atoms with Gasteiger partial charge in [-0.05, 0) is 12.8 Å². The number of hydrogen-bond donors (Lipinski definition) is 1. The fourth-order valence-electron chi connectivity index (χ4n) is 1.58. The molecule has 0 saturated heterocycles. The smallest absolute Gasteiger partial charge is 0.103 e. The van der Waals surface area contributed by atoms with Crippen LogP contribution in [0.1, 0.15) is 55.1 Å². The lowest BCUT2D eigenvalue weighted by molar-refractivity contribution is 0.802. The van der Waals surface area contributed by atoms with Gasteiger partial charge in [-0.25, -0.2) is 4.98 Å². The monoisotopic (exact) mass is 256 g/mol. The molecule has 2 nitrogen and oxygen atoms in total. The summed E-state index contributed by atoms with van der Waals surface area (Å²) >= 11 is 3.77. The van der Waals surface area contributed by atoms with E-state index in [9.17, 15) is 0 Å². The molecular formula is C12H20N2S2. The molecule has 0 radical (unpaired) electrons. The van der Waals surface area contributed by atoms with Crippen LogP contribution in [0.3, 0.4) is 0 Å². The van der Waals surface area contributed by atoms with Gasteiger partial charge in [-0.15, -0.1) is 23.1 Å². The molecule has 4 heteroatoms. The lowest BCUT2D eigenvalue weighted by Gasteiger charge is -2.16. The largest absolute Gasteiger partial charge is 0.326 e. The summed E-state index contributed by atoms with van der Waals surface area (Å²) in [6, 6.07) is 0. The zero-order valence-corrected chi connectivity index (χ0v) is 11.9. The standard InChI is InChI=1S/C12H20N2S2/c1-12(2,3)15-7-10-14-11(8-4-5-8)9(6-13)16-10/h8H,4-7,13H2,1-3H3. The van der Waals surface area contributed by atoms with Crippen molar-refractivity contribution in [1.82, 2.24) is 4.98 Å². The zero-order valence-electron chi connectivity index (χ0n) is 10.2. The molecule has 0 atom stereocenters. The molecule has 90 valence electrons. The highest BCUT2D eigenvalue weighted by molar-refractivity contribution is 7.99. The van der Waals surface area contributed by atoms with E-state index >= 15 is 0 Å². The van der Waals surface area contributed by atoms with Crippen LogP contribution in [0.4, 0.5) is 0 Å². The predicted molar refractivity (Wildman–Crippen MR) is 73.0 cm³/mol. The highest BCUT2D eigenvalue weighted by Crippen LogP contribution is 2.43. The molecule has 1 heterocycles. The van der Waals surface area contributed by atoms with E-state index < -0.39 is 0 Å². The van der Waals surface area contributed by atoms with Crippen LogP contribution in [0, 0.1) is 0 Å². The lowest BCUT2D eigenvalue weighted by Crippen LogP contribution is -2.07. The summed E-state index contributed by atoms with van der Waals surface area (Å²) in [5.74, 6) is 1.75. The second kappa shape index (κ2) is 4.67. The fraction of sp³-hybridized carbons (Fsp3) is 0.750. The summed E-state index contributed by atoms with van der Waals surface area (Å²) in [4.78, 5) is 6.08. The molecule has 16 heavy (non-hydrogen) atoms. The summed E-state index contributed by atoms with van der Waals surface area (Å²) in [7, 11) is 0. The van der Waals surface area contributed by atoms with Crippen molar-refractivity contribution in [3.63, 3.8) is 0 Å². The van der Waals surface area contributed by atoms with Gasteiger partial charge < -0.3 is 5.73 Å². The van der Waals surface area contributed by atoms with Gasteiger partial charge in [0, 0.05) is 27.8 Å². The van der Waals surface area contributed by atoms with Crippen LogP contribution in [-0.4, -0.2) is 9.73 Å². The quantitative estimate of drug-likeness (QED) is 0.896. The molecule has 0 unspecified atom stereocenters. The van der Waals surface area contributed by atoms with Gasteiger partial charge in [0.15, 0.2) is 0 Å². The lowest BCUT2D eigenvalue weighted by atomic mass is 10.2. The van der Waals surface area contributed by atoms with E-state index in [1.165, 1.54) is 28.4 Å². The Balaban J connectivity index is 2.04. The third kappa shape index (κ3) is 3.22. The molecule has 1 saturated carbocycles. The Hall–Kier alpha value is -0.0600. The Kier molecular flexibility index (Phi) is 3.62. The molecule has 2 N–H and O–H groups in total. The van der Waals surface area contributed by atoms with Crippen LogP contribution in [0.2, 0.25) is 0 Å². The first-order chi connectivity index (χ1) is 7.49. The maximum Gasteiger partial charge on any atom is 0.103 e. The molecule has 1 aromatic heterocycles. The summed E-state index contributed by atoms with van der Waals surface area (Å²) < 4.78 is 0.314. The topological polar surface area (TPSA) is 38.9 Å². The van der Waals surface area contributed by atoms with E-state index in [4.69, 9.17) is 10.7 Å². The second-order valence-corrected chi connectivity index (χ2v) is 8.27. The Morgan fingerprint density at radius 2 is 2.12 bits per heavy atom. The Labute approximate surface area is 106 Å². The number of thiazole rings is 1. The minimum Gasteiger partial charge on any atom is -0.326 e. The molecule has 1 fully saturated rings. The number of nitrogens with two attached hydrogens (primary N) is 1. The van der Waals surface area contributed by atoms with Gasteiger partial charge in [0.1, 0.15) is 5.01 Å². The maximum absolute atomic E-state index is 5.78. The minimum atomic E-state index is 0.314. The average molecular weight is 256 g/mol. The molecule has 0 bridgehead atoms. The van der Waals surface area contributed by atoms with E-state index in [1.807, 2.05) is 23.1 Å². The van der Waals surface area contributed by atoms with Crippen molar-refractivity contribution in [3.05, 3.63) is 15.6 Å². The predicted octanol–water partition coefficient (Wildman–Crippen LogP) is 3.51. The van der Waals surface area contributed by atoms with Crippen molar-refractivity contribution in [2.45, 2.75) is 56.6 Å². The Morgan fingerprint density at radius 3 is 2.62 bits per heavy atom. The van der Waals surface area contributed by atoms with Crippen LogP contribution in [0.15, 0.2) is 0 Å². The van der Waals surface area contributed by atoms with Crippen LogP contribution >= 0.6 is 23.1 Å². The van der Waals surface area contributed by atoms with Gasteiger partial charge >= 0.3 is 0 Å². The van der Waals surface area contributed by atoms with Crippen LogP contribution in [0.25, 0.3) is 0 Å². The number of rotatable bonds is 4. The van der Waals surface area contributed by atoms with Crippen LogP contribution in [-0.2, 0) is 12.3 Å². The molecule has 0 aliphatic heterocycles. The van der Waals surface area contributed by atoms with Gasteiger partial charge in [0.05, 0.1) is 5.69 Å². The normalized spacial score (nSPS) is 16.8. The number of thioether (sulfide) groups is 1. The SMILES string of the molecule is CC(C)(C)SCc1nc(C2CC2)c(CN)s1. The first kappa shape index (κ1) is 12.4. The van der Waals surface area contributed by atoms with Gasteiger partial charge in [-0.3, -0.25) is 0 Å². The van der Waals surface area contributed by atoms with E-state index in [0.717, 1.165) is 11.7 Å². The Bertz CT molecular complexity index is 362. The third-order valence-electron chi connectivity index (χ3n) is 2.55. The van der Waals surface area contributed by atoms with Gasteiger partial charge in [0.2, 0.25) is 0 Å². The average Bonchev–Trinajstić information content (AvgIpc) is 2.95. The van der Waals surface area contributed by atoms with Crippen molar-refractivity contribution in [2.75, 3.05) is 0 Å². The van der Waals surface area contributed by atoms with Gasteiger partial charge in [-0.2, -0.15) is 0 Å². The molecule has 0 amide bonds. The van der Waals surface area contributed by atoms with Gasteiger partial charge in [0.25, 0.3) is 0 Å². The minimum absolute atomic E-state index is 0.314. The summed E-state index contributed by atoms with van der Waals surface area (Å²) in [6.45, 7) is 7.40. The molecule has 1 aromatic rings. The Morgan fingerprint density at radius 1 is 1.44 bits per heavy atom. The molecule has 0 spiro atoms. The highest BCUT2D eigenvalue weighted by atomic mass is 32.2. The fourth-order valence-corrected chi connectivity index (χ4v) is 3.44. The first-order valence-electron chi connectivity index (χ1n) is 5.82. The van der Waals surface area contributed by atoms with E-state index in [0.29, 0.717) is 11.3 Å². The number of hydrogen-bond acceptors (Lipinski definition) is 4. The van der Waals surface area contributed by atoms with Crippen molar-refractivity contribution in [2.24, 2.45) is 5.73 Å². The second-order valence-electron chi connectivity index (χ2n) is 5.30. The zero-order chi connectivity index (χ0) is 11.8. The van der Waals surface area contributed by atoms with Crippen molar-refractivity contribution < 1.29 is 0 Å². The molecule has 0 aromatic carbocycles. The maximum atomic E-state index is 5.78. The van der Waals surface area contributed by atoms with Crippen molar-refractivity contribution >= 4 is 23.1 Å². The van der Waals surface area contributed by atoms with E-state index in [1.54, 1.807) is 0 Å². The third-order valence-corrected chi connectivity index (χ3v) is 5.11.